The standard InChI is InChI=1S/C16H15N5O5/c22-13-4-2-1-3-10(13)17-11-9-12(20-5-7-25-8-6-20)16(21(23)24)15-14(11)18-26-19-15/h1-4,9,17,22H,5-8H2. The Labute approximate surface area is 147 Å². The van der Waals surface area contributed by atoms with E-state index >= 15 is 0 Å². The maximum atomic E-state index is 11.7. The van der Waals surface area contributed by atoms with Gasteiger partial charge in [-0.05, 0) is 28.5 Å². The van der Waals surface area contributed by atoms with E-state index in [-0.39, 0.29) is 22.5 Å². The van der Waals surface area contributed by atoms with Gasteiger partial charge in [0.2, 0.25) is 5.52 Å². The molecule has 1 aliphatic heterocycles. The molecule has 0 aliphatic carbocycles. The molecule has 0 spiro atoms. The van der Waals surface area contributed by atoms with Gasteiger partial charge in [0.15, 0.2) is 5.52 Å². The lowest BCUT2D eigenvalue weighted by atomic mass is 10.1. The van der Waals surface area contributed by atoms with E-state index in [0.717, 1.165) is 0 Å². The molecule has 134 valence electrons. The Bertz CT molecular complexity index is 967. The van der Waals surface area contributed by atoms with E-state index in [2.05, 4.69) is 15.6 Å². The van der Waals surface area contributed by atoms with E-state index in [1.54, 1.807) is 24.3 Å². The lowest BCUT2D eigenvalue weighted by molar-refractivity contribution is -0.382. The molecular formula is C16H15N5O5. The third-order valence-electron chi connectivity index (χ3n) is 4.20. The quantitative estimate of drug-likeness (QED) is 0.411. The Balaban J connectivity index is 1.87. The number of nitro benzene ring substituents is 1. The largest absolute Gasteiger partial charge is 0.506 e. The number of aromatic nitrogens is 2. The predicted molar refractivity (Wildman–Crippen MR) is 92.9 cm³/mol. The number of nitrogens with one attached hydrogen (secondary N) is 1. The van der Waals surface area contributed by atoms with Gasteiger partial charge < -0.3 is 20.1 Å². The Morgan fingerprint density at radius 3 is 2.62 bits per heavy atom. The van der Waals surface area contributed by atoms with Gasteiger partial charge in [-0.1, -0.05) is 12.1 Å². The summed E-state index contributed by atoms with van der Waals surface area (Å²) in [7, 11) is 0. The zero-order chi connectivity index (χ0) is 18.1. The summed E-state index contributed by atoms with van der Waals surface area (Å²) in [4.78, 5) is 13.1. The van der Waals surface area contributed by atoms with Gasteiger partial charge in [0.25, 0.3) is 0 Å². The van der Waals surface area contributed by atoms with Crippen molar-refractivity contribution >= 4 is 33.8 Å². The van der Waals surface area contributed by atoms with Crippen LogP contribution in [0.25, 0.3) is 11.0 Å². The highest BCUT2D eigenvalue weighted by atomic mass is 16.6. The molecule has 2 aromatic carbocycles. The third-order valence-corrected chi connectivity index (χ3v) is 4.20. The predicted octanol–water partition coefficient (Wildman–Crippen LogP) is 2.42. The van der Waals surface area contributed by atoms with Gasteiger partial charge in [-0.2, -0.15) is 0 Å². The molecule has 2 N–H and O–H groups in total. The van der Waals surface area contributed by atoms with Crippen molar-refractivity contribution in [2.75, 3.05) is 36.5 Å². The molecule has 1 saturated heterocycles. The van der Waals surface area contributed by atoms with Crippen molar-refractivity contribution < 1.29 is 19.4 Å². The first-order chi connectivity index (χ1) is 12.6. The molecular weight excluding hydrogens is 342 g/mol. The van der Waals surface area contributed by atoms with Gasteiger partial charge in [0.05, 0.1) is 29.5 Å². The Morgan fingerprint density at radius 1 is 1.15 bits per heavy atom. The second kappa shape index (κ2) is 6.48. The number of para-hydroxylation sites is 2. The molecule has 0 atom stereocenters. The first-order valence-electron chi connectivity index (χ1n) is 7.96. The number of rotatable bonds is 4. The van der Waals surface area contributed by atoms with Crippen molar-refractivity contribution in [2.24, 2.45) is 0 Å². The normalized spacial score (nSPS) is 14.5. The average molecular weight is 357 g/mol. The molecule has 4 rings (SSSR count). The smallest absolute Gasteiger partial charge is 0.323 e. The molecule has 1 fully saturated rings. The molecule has 3 aromatic rings. The molecule has 0 amide bonds. The Hall–Kier alpha value is -3.40. The van der Waals surface area contributed by atoms with E-state index < -0.39 is 4.92 Å². The number of nitrogens with zero attached hydrogens (tertiary/aromatic N) is 4. The van der Waals surface area contributed by atoms with Crippen LogP contribution < -0.4 is 10.2 Å². The number of benzene rings is 2. The topological polar surface area (TPSA) is 127 Å². The van der Waals surface area contributed by atoms with Crippen molar-refractivity contribution in [3.63, 3.8) is 0 Å². The lowest BCUT2D eigenvalue weighted by Gasteiger charge is -2.28. The number of morpholine rings is 1. The summed E-state index contributed by atoms with van der Waals surface area (Å²) in [5.74, 6) is 0.0448. The maximum Gasteiger partial charge on any atom is 0.323 e. The van der Waals surface area contributed by atoms with Crippen molar-refractivity contribution in [3.05, 3.63) is 40.4 Å². The van der Waals surface area contributed by atoms with Crippen LogP contribution in [0, 0.1) is 10.1 Å². The monoisotopic (exact) mass is 357 g/mol. The Kier molecular flexibility index (Phi) is 4.01. The summed E-state index contributed by atoms with van der Waals surface area (Å²) in [6, 6.07) is 8.30. The molecule has 1 aromatic heterocycles. The summed E-state index contributed by atoms with van der Waals surface area (Å²) >= 11 is 0. The summed E-state index contributed by atoms with van der Waals surface area (Å²) in [6.45, 7) is 2.00. The highest BCUT2D eigenvalue weighted by Crippen LogP contribution is 2.40. The fourth-order valence-electron chi connectivity index (χ4n) is 2.96. The number of fused-ring (bicyclic) bond motifs is 1. The number of hydrogen-bond donors (Lipinski definition) is 2. The van der Waals surface area contributed by atoms with E-state index in [4.69, 9.17) is 9.37 Å². The van der Waals surface area contributed by atoms with Crippen LogP contribution in [0.5, 0.6) is 5.75 Å². The zero-order valence-electron chi connectivity index (χ0n) is 13.6. The van der Waals surface area contributed by atoms with Gasteiger partial charge in [-0.25, -0.2) is 4.63 Å². The van der Waals surface area contributed by atoms with Crippen molar-refractivity contribution in [1.82, 2.24) is 10.3 Å². The van der Waals surface area contributed by atoms with Crippen LogP contribution in [-0.2, 0) is 4.74 Å². The lowest BCUT2D eigenvalue weighted by Crippen LogP contribution is -2.36. The van der Waals surface area contributed by atoms with E-state index in [9.17, 15) is 15.2 Å². The fraction of sp³-hybridized carbons (Fsp3) is 0.250. The number of ether oxygens (including phenoxy) is 1. The second-order valence-electron chi connectivity index (χ2n) is 5.75. The molecule has 0 unspecified atom stereocenters. The summed E-state index contributed by atoms with van der Waals surface area (Å²) in [5.41, 5.74) is 1.41. The number of phenols is 1. The van der Waals surface area contributed by atoms with Gasteiger partial charge in [0.1, 0.15) is 11.4 Å². The van der Waals surface area contributed by atoms with Gasteiger partial charge in [-0.15, -0.1) is 0 Å². The molecule has 0 saturated carbocycles. The molecule has 10 heteroatoms. The number of nitro groups is 1. The molecule has 0 bridgehead atoms. The molecule has 2 heterocycles. The van der Waals surface area contributed by atoms with Crippen molar-refractivity contribution in [1.29, 1.82) is 0 Å². The highest BCUT2D eigenvalue weighted by Gasteiger charge is 2.29. The van der Waals surface area contributed by atoms with Crippen molar-refractivity contribution in [2.45, 2.75) is 0 Å². The van der Waals surface area contributed by atoms with E-state index in [0.29, 0.717) is 43.4 Å². The minimum absolute atomic E-state index is 0.0448. The number of hydrogen-bond acceptors (Lipinski definition) is 9. The van der Waals surface area contributed by atoms with Crippen molar-refractivity contribution in [3.8, 4) is 5.75 Å². The summed E-state index contributed by atoms with van der Waals surface area (Å²) in [5, 5.41) is 32.3. The molecule has 26 heavy (non-hydrogen) atoms. The molecule has 1 aliphatic rings. The van der Waals surface area contributed by atoms with Crippen LogP contribution in [0.1, 0.15) is 0 Å². The fourth-order valence-corrected chi connectivity index (χ4v) is 2.96. The minimum Gasteiger partial charge on any atom is -0.506 e. The zero-order valence-corrected chi connectivity index (χ0v) is 13.6. The maximum absolute atomic E-state index is 11.7. The molecule has 0 radical (unpaired) electrons. The Morgan fingerprint density at radius 2 is 1.88 bits per heavy atom. The highest BCUT2D eigenvalue weighted by molar-refractivity contribution is 6.01. The van der Waals surface area contributed by atoms with Crippen LogP contribution in [0.2, 0.25) is 0 Å². The third kappa shape index (κ3) is 2.75. The molecule has 10 nitrogen and oxygen atoms in total. The number of phenolic OH excluding ortho intramolecular Hbond substituents is 1. The van der Waals surface area contributed by atoms with E-state index in [1.165, 1.54) is 6.07 Å². The van der Waals surface area contributed by atoms with Gasteiger partial charge in [0, 0.05) is 13.1 Å². The van der Waals surface area contributed by atoms with E-state index in [1.807, 2.05) is 4.90 Å². The first-order valence-corrected chi connectivity index (χ1v) is 7.96. The van der Waals surface area contributed by atoms with Crippen LogP contribution in [-0.4, -0.2) is 46.6 Å². The van der Waals surface area contributed by atoms with Gasteiger partial charge >= 0.3 is 5.69 Å². The SMILES string of the molecule is O=[N+]([O-])c1c(N2CCOCC2)cc(Nc2ccccc2O)c2nonc12. The van der Waals surface area contributed by atoms with Crippen LogP contribution in [0.15, 0.2) is 35.0 Å². The first kappa shape index (κ1) is 16.1. The van der Waals surface area contributed by atoms with Gasteiger partial charge in [-0.3, -0.25) is 10.1 Å². The van der Waals surface area contributed by atoms with Crippen LogP contribution in [0.4, 0.5) is 22.7 Å². The second-order valence-corrected chi connectivity index (χ2v) is 5.75. The summed E-state index contributed by atoms with van der Waals surface area (Å²) in [6.07, 6.45) is 0. The number of anilines is 3. The summed E-state index contributed by atoms with van der Waals surface area (Å²) < 4.78 is 10.1. The number of aromatic hydroxyl groups is 1. The van der Waals surface area contributed by atoms with Crippen LogP contribution in [0.3, 0.4) is 0 Å². The minimum atomic E-state index is -0.485. The average Bonchev–Trinajstić information content (AvgIpc) is 3.13. The van der Waals surface area contributed by atoms with Crippen LogP contribution >= 0.6 is 0 Å².